The molecule has 4 aliphatic carbocycles. The van der Waals surface area contributed by atoms with Gasteiger partial charge in [-0.3, -0.25) is 0 Å². The van der Waals surface area contributed by atoms with E-state index in [-0.39, 0.29) is 11.5 Å². The largest absolute Gasteiger partial charge is 0.393 e. The minimum Gasteiger partial charge on any atom is -0.393 e. The lowest BCUT2D eigenvalue weighted by Gasteiger charge is -2.59. The second-order valence-corrected chi connectivity index (χ2v) is 8.89. The van der Waals surface area contributed by atoms with Gasteiger partial charge in [0.05, 0.1) is 6.10 Å². The Kier molecular flexibility index (Phi) is 3.39. The van der Waals surface area contributed by atoms with E-state index in [0.717, 1.165) is 24.2 Å². The summed E-state index contributed by atoms with van der Waals surface area (Å²) in [5.41, 5.74) is 3.78. The fourth-order valence-corrected chi connectivity index (χ4v) is 7.09. The second kappa shape index (κ2) is 4.97. The number of fused-ring (bicyclic) bond motifs is 5. The van der Waals surface area contributed by atoms with Crippen LogP contribution in [-0.4, -0.2) is 11.2 Å². The Morgan fingerprint density at radius 1 is 1.14 bits per heavy atom. The molecule has 6 atom stereocenters. The summed E-state index contributed by atoms with van der Waals surface area (Å²) < 4.78 is 0. The normalized spacial score (nSPS) is 50.9. The summed E-state index contributed by atoms with van der Waals surface area (Å²) in [5.74, 6) is 2.50. The third-order valence-corrected chi connectivity index (χ3v) is 8.38. The van der Waals surface area contributed by atoms with E-state index in [2.05, 4.69) is 26.5 Å². The molecule has 0 saturated heterocycles. The predicted octanol–water partition coefficient (Wildman–Crippen LogP) is 5.26. The Labute approximate surface area is 135 Å². The van der Waals surface area contributed by atoms with Crippen molar-refractivity contribution < 1.29 is 5.11 Å². The Bertz CT molecular complexity index is 518. The Morgan fingerprint density at radius 2 is 1.95 bits per heavy atom. The molecule has 4 aliphatic rings. The molecule has 0 aliphatic heterocycles. The average Bonchev–Trinajstić information content (AvgIpc) is 2.82. The molecule has 1 N–H and O–H groups in total. The summed E-state index contributed by atoms with van der Waals surface area (Å²) in [7, 11) is 0. The van der Waals surface area contributed by atoms with Crippen molar-refractivity contribution >= 4 is 0 Å². The van der Waals surface area contributed by atoms with Crippen molar-refractivity contribution in [3.63, 3.8) is 0 Å². The first-order valence-corrected chi connectivity index (χ1v) is 9.58. The summed E-state index contributed by atoms with van der Waals surface area (Å²) >= 11 is 0. The van der Waals surface area contributed by atoms with Crippen molar-refractivity contribution in [3.8, 4) is 0 Å². The SMILES string of the molecule is C=C1C=C2CCC3C(CC[C@@]4(C)C3CC[C@@H]4O)[C@@]2(CC)CC1. The average molecular weight is 300 g/mol. The van der Waals surface area contributed by atoms with Crippen LogP contribution in [0.4, 0.5) is 0 Å². The van der Waals surface area contributed by atoms with Crippen LogP contribution in [0, 0.1) is 28.6 Å². The molecular formula is C21H32O. The van der Waals surface area contributed by atoms with Gasteiger partial charge in [-0.05, 0) is 86.4 Å². The van der Waals surface area contributed by atoms with Crippen LogP contribution in [0.5, 0.6) is 0 Å². The van der Waals surface area contributed by atoms with Crippen molar-refractivity contribution in [1.82, 2.24) is 0 Å². The van der Waals surface area contributed by atoms with Crippen LogP contribution in [-0.2, 0) is 0 Å². The van der Waals surface area contributed by atoms with Crippen LogP contribution in [0.1, 0.15) is 71.6 Å². The van der Waals surface area contributed by atoms with Gasteiger partial charge in [0, 0.05) is 0 Å². The lowest BCUT2D eigenvalue weighted by molar-refractivity contribution is -0.0780. The van der Waals surface area contributed by atoms with Gasteiger partial charge in [-0.15, -0.1) is 0 Å². The Balaban J connectivity index is 1.71. The highest BCUT2D eigenvalue weighted by molar-refractivity contribution is 5.34. The summed E-state index contributed by atoms with van der Waals surface area (Å²) in [6.45, 7) is 9.04. The van der Waals surface area contributed by atoms with E-state index >= 15 is 0 Å². The molecule has 22 heavy (non-hydrogen) atoms. The van der Waals surface area contributed by atoms with Crippen LogP contribution in [0.15, 0.2) is 23.8 Å². The number of rotatable bonds is 1. The van der Waals surface area contributed by atoms with E-state index in [1.165, 1.54) is 56.9 Å². The summed E-state index contributed by atoms with van der Waals surface area (Å²) in [4.78, 5) is 0. The van der Waals surface area contributed by atoms with Crippen LogP contribution >= 0.6 is 0 Å². The highest BCUT2D eigenvalue weighted by Crippen LogP contribution is 2.66. The van der Waals surface area contributed by atoms with Gasteiger partial charge < -0.3 is 5.11 Å². The number of aliphatic hydroxyl groups is 1. The fraction of sp³-hybridized carbons (Fsp3) is 0.810. The first-order valence-electron chi connectivity index (χ1n) is 9.58. The minimum absolute atomic E-state index is 0.0425. The standard InChI is InChI=1S/C21H32O/c1-4-21-12-9-14(2)13-15(21)5-6-16-17-7-8-19(22)20(17,3)11-10-18(16)21/h13,16-19,22H,2,4-12H2,1,3H3/t16?,17?,18?,19-,20-,21-/m0/s1. The van der Waals surface area contributed by atoms with E-state index in [1.807, 2.05) is 0 Å². The maximum absolute atomic E-state index is 10.5. The van der Waals surface area contributed by atoms with Gasteiger partial charge in [-0.25, -0.2) is 0 Å². The third-order valence-electron chi connectivity index (χ3n) is 8.38. The van der Waals surface area contributed by atoms with Gasteiger partial charge in [0.15, 0.2) is 0 Å². The molecule has 0 spiro atoms. The van der Waals surface area contributed by atoms with Crippen molar-refractivity contribution in [3.05, 3.63) is 23.8 Å². The zero-order valence-electron chi connectivity index (χ0n) is 14.4. The van der Waals surface area contributed by atoms with Gasteiger partial charge >= 0.3 is 0 Å². The molecule has 3 unspecified atom stereocenters. The number of allylic oxidation sites excluding steroid dienone is 3. The van der Waals surface area contributed by atoms with Crippen molar-refractivity contribution in [2.24, 2.45) is 28.6 Å². The first-order chi connectivity index (χ1) is 10.5. The summed E-state index contributed by atoms with van der Waals surface area (Å²) in [6, 6.07) is 0. The van der Waals surface area contributed by atoms with E-state index < -0.39 is 0 Å². The van der Waals surface area contributed by atoms with Gasteiger partial charge in [0.1, 0.15) is 0 Å². The lowest BCUT2D eigenvalue weighted by atomic mass is 9.46. The smallest absolute Gasteiger partial charge is 0.0596 e. The molecule has 0 radical (unpaired) electrons. The summed E-state index contributed by atoms with van der Waals surface area (Å²) in [6.07, 6.45) is 13.8. The molecule has 0 aromatic heterocycles. The van der Waals surface area contributed by atoms with Gasteiger partial charge in [-0.1, -0.05) is 37.6 Å². The molecule has 0 amide bonds. The summed E-state index contributed by atoms with van der Waals surface area (Å²) in [5, 5.41) is 10.5. The molecule has 0 bridgehead atoms. The molecule has 0 aromatic rings. The van der Waals surface area contributed by atoms with Crippen molar-refractivity contribution in [2.45, 2.75) is 77.7 Å². The topological polar surface area (TPSA) is 20.2 Å². The van der Waals surface area contributed by atoms with E-state index in [0.29, 0.717) is 5.41 Å². The maximum atomic E-state index is 10.5. The molecule has 4 rings (SSSR count). The molecular weight excluding hydrogens is 268 g/mol. The molecule has 1 nitrogen and oxygen atoms in total. The predicted molar refractivity (Wildman–Crippen MR) is 91.5 cm³/mol. The number of aliphatic hydroxyl groups excluding tert-OH is 1. The molecule has 3 saturated carbocycles. The van der Waals surface area contributed by atoms with E-state index in [9.17, 15) is 5.11 Å². The van der Waals surface area contributed by atoms with Gasteiger partial charge in [0.25, 0.3) is 0 Å². The van der Waals surface area contributed by atoms with Crippen LogP contribution in [0.25, 0.3) is 0 Å². The van der Waals surface area contributed by atoms with Crippen molar-refractivity contribution in [2.75, 3.05) is 0 Å². The molecule has 0 aromatic carbocycles. The Hall–Kier alpha value is -0.560. The zero-order valence-corrected chi connectivity index (χ0v) is 14.4. The van der Waals surface area contributed by atoms with Crippen LogP contribution in [0.2, 0.25) is 0 Å². The van der Waals surface area contributed by atoms with Gasteiger partial charge in [-0.2, -0.15) is 0 Å². The first kappa shape index (κ1) is 15.0. The number of hydrogen-bond acceptors (Lipinski definition) is 1. The fourth-order valence-electron chi connectivity index (χ4n) is 7.09. The third kappa shape index (κ3) is 1.81. The minimum atomic E-state index is -0.0425. The number of hydrogen-bond donors (Lipinski definition) is 1. The van der Waals surface area contributed by atoms with Crippen LogP contribution < -0.4 is 0 Å². The quantitative estimate of drug-likeness (QED) is 0.700. The Morgan fingerprint density at radius 3 is 2.73 bits per heavy atom. The van der Waals surface area contributed by atoms with Crippen LogP contribution in [0.3, 0.4) is 0 Å². The highest BCUT2D eigenvalue weighted by Gasteiger charge is 2.59. The highest BCUT2D eigenvalue weighted by atomic mass is 16.3. The van der Waals surface area contributed by atoms with E-state index in [4.69, 9.17) is 0 Å². The molecule has 0 heterocycles. The molecule has 122 valence electrons. The zero-order chi connectivity index (χ0) is 15.5. The van der Waals surface area contributed by atoms with Crippen molar-refractivity contribution in [1.29, 1.82) is 0 Å². The van der Waals surface area contributed by atoms with E-state index in [1.54, 1.807) is 5.57 Å². The monoisotopic (exact) mass is 300 g/mol. The maximum Gasteiger partial charge on any atom is 0.0596 e. The molecule has 1 heteroatoms. The molecule has 3 fully saturated rings. The second-order valence-electron chi connectivity index (χ2n) is 8.89. The lowest BCUT2D eigenvalue weighted by Crippen LogP contribution is -2.51. The van der Waals surface area contributed by atoms with Gasteiger partial charge in [0.2, 0.25) is 0 Å².